The van der Waals surface area contributed by atoms with Crippen LogP contribution in [0.5, 0.6) is 0 Å². The number of hydrogen-bond acceptors (Lipinski definition) is 3. The van der Waals surface area contributed by atoms with Crippen molar-refractivity contribution in [2.75, 3.05) is 13.1 Å². The number of halogens is 1. The van der Waals surface area contributed by atoms with Crippen molar-refractivity contribution < 1.29 is 14.7 Å². The molecule has 0 saturated carbocycles. The molecule has 7 heteroatoms. The molecule has 3 amide bonds. The van der Waals surface area contributed by atoms with Crippen LogP contribution in [-0.2, 0) is 24.2 Å². The smallest absolute Gasteiger partial charge is 0.324 e. The highest BCUT2D eigenvalue weighted by Gasteiger charge is 2.31. The predicted octanol–water partition coefficient (Wildman–Crippen LogP) is 2.09. The second-order valence-electron chi connectivity index (χ2n) is 6.70. The fourth-order valence-electron chi connectivity index (χ4n) is 3.97. The molecule has 132 valence electrons. The molecule has 25 heavy (non-hydrogen) atoms. The van der Waals surface area contributed by atoms with E-state index in [2.05, 4.69) is 16.0 Å². The maximum absolute atomic E-state index is 11.7. The van der Waals surface area contributed by atoms with Crippen LogP contribution in [0.15, 0.2) is 18.2 Å². The van der Waals surface area contributed by atoms with Gasteiger partial charge in [-0.1, -0.05) is 23.7 Å². The van der Waals surface area contributed by atoms with Gasteiger partial charge in [0.25, 0.3) is 0 Å². The Morgan fingerprint density at radius 2 is 2.00 bits per heavy atom. The van der Waals surface area contributed by atoms with Crippen molar-refractivity contribution >= 4 is 34.4 Å². The van der Waals surface area contributed by atoms with Crippen molar-refractivity contribution in [3.05, 3.63) is 34.5 Å². The third-order valence-corrected chi connectivity index (χ3v) is 5.38. The number of para-hydroxylation sites is 1. The quantitative estimate of drug-likeness (QED) is 0.819. The van der Waals surface area contributed by atoms with Crippen LogP contribution in [0.25, 0.3) is 10.9 Å². The molecule has 2 aromatic rings. The summed E-state index contributed by atoms with van der Waals surface area (Å²) in [6.07, 6.45) is 3.40. The van der Waals surface area contributed by atoms with Crippen LogP contribution in [-0.4, -0.2) is 45.7 Å². The van der Waals surface area contributed by atoms with E-state index in [0.717, 1.165) is 41.5 Å². The number of fused-ring (bicyclic) bond motifs is 3. The molecule has 2 N–H and O–H groups in total. The van der Waals surface area contributed by atoms with E-state index in [9.17, 15) is 14.7 Å². The number of amides is 3. The maximum atomic E-state index is 11.7. The van der Waals surface area contributed by atoms with Crippen molar-refractivity contribution in [3.8, 4) is 0 Å². The molecule has 0 spiro atoms. The fourth-order valence-corrected chi connectivity index (χ4v) is 4.24. The van der Waals surface area contributed by atoms with E-state index in [1.807, 2.05) is 12.1 Å². The number of rotatable bonds is 4. The van der Waals surface area contributed by atoms with Gasteiger partial charge in [-0.2, -0.15) is 0 Å². The molecule has 1 atom stereocenters. The highest BCUT2D eigenvalue weighted by atomic mass is 35.5. The Morgan fingerprint density at radius 3 is 2.76 bits per heavy atom. The first-order chi connectivity index (χ1) is 12.1. The lowest BCUT2D eigenvalue weighted by Gasteiger charge is -2.21. The molecule has 2 aliphatic rings. The number of aryl methyl sites for hydroxylation is 1. The van der Waals surface area contributed by atoms with Gasteiger partial charge in [-0.25, -0.2) is 4.79 Å². The summed E-state index contributed by atoms with van der Waals surface area (Å²) >= 11 is 6.45. The fraction of sp³-hybridized carbons (Fsp3) is 0.444. The molecule has 1 aromatic heterocycles. The lowest BCUT2D eigenvalue weighted by Crippen LogP contribution is -2.39. The molecule has 0 radical (unpaired) electrons. The zero-order chi connectivity index (χ0) is 17.6. The normalized spacial score (nSPS) is 18.6. The predicted molar refractivity (Wildman–Crippen MR) is 94.7 cm³/mol. The van der Waals surface area contributed by atoms with Gasteiger partial charge in [0, 0.05) is 11.1 Å². The van der Waals surface area contributed by atoms with Crippen molar-refractivity contribution in [2.45, 2.75) is 38.3 Å². The molecule has 1 aliphatic carbocycles. The van der Waals surface area contributed by atoms with E-state index in [1.54, 1.807) is 0 Å². The minimum Gasteiger partial charge on any atom is -0.389 e. The van der Waals surface area contributed by atoms with Gasteiger partial charge in [0.1, 0.15) is 0 Å². The number of aliphatic hydroxyl groups is 1. The van der Waals surface area contributed by atoms with Crippen LogP contribution >= 0.6 is 11.6 Å². The number of carbonyl (C=O) groups excluding carboxylic acids is 2. The summed E-state index contributed by atoms with van der Waals surface area (Å²) in [4.78, 5) is 24.5. The van der Waals surface area contributed by atoms with Crippen LogP contribution in [0, 0.1) is 0 Å². The number of aliphatic hydroxyl groups excluding tert-OH is 1. The first-order valence-electron chi connectivity index (χ1n) is 8.61. The Morgan fingerprint density at radius 1 is 1.20 bits per heavy atom. The lowest BCUT2D eigenvalue weighted by atomic mass is 9.95. The second kappa shape index (κ2) is 6.35. The highest BCUT2D eigenvalue weighted by Crippen LogP contribution is 2.35. The largest absolute Gasteiger partial charge is 0.389 e. The number of benzene rings is 1. The molecule has 1 aromatic carbocycles. The standard InChI is InChI=1S/C18H20ClN3O3/c19-14-6-3-5-13-12-4-1-2-7-15(12)21(17(13)14)9-11(23)10-22-16(24)8-20-18(22)25/h3,5-6,11,23H,1-2,4,7-10H2,(H,20,25)/t11-/m0/s1. The summed E-state index contributed by atoms with van der Waals surface area (Å²) < 4.78 is 2.08. The Balaban J connectivity index is 1.67. The van der Waals surface area contributed by atoms with Crippen LogP contribution < -0.4 is 5.32 Å². The Kier molecular flexibility index (Phi) is 4.17. The van der Waals surface area contributed by atoms with E-state index in [0.29, 0.717) is 11.6 Å². The third-order valence-electron chi connectivity index (χ3n) is 5.07. The number of imide groups is 1. The summed E-state index contributed by atoms with van der Waals surface area (Å²) in [6.45, 7) is 0.301. The van der Waals surface area contributed by atoms with Gasteiger partial charge in [0.2, 0.25) is 5.91 Å². The van der Waals surface area contributed by atoms with Gasteiger partial charge in [0.05, 0.1) is 36.3 Å². The summed E-state index contributed by atoms with van der Waals surface area (Å²) in [5, 5.41) is 14.8. The number of aromatic nitrogens is 1. The minimum absolute atomic E-state index is 0.000764. The van der Waals surface area contributed by atoms with Gasteiger partial charge >= 0.3 is 6.03 Å². The molecule has 1 fully saturated rings. The van der Waals surface area contributed by atoms with Crippen molar-refractivity contribution in [1.29, 1.82) is 0 Å². The molecule has 0 unspecified atom stereocenters. The van der Waals surface area contributed by atoms with Crippen LogP contribution in [0.3, 0.4) is 0 Å². The molecule has 6 nitrogen and oxygen atoms in total. The number of hydrogen-bond donors (Lipinski definition) is 2. The molecule has 0 bridgehead atoms. The van der Waals surface area contributed by atoms with Gasteiger partial charge in [-0.05, 0) is 37.3 Å². The zero-order valence-corrected chi connectivity index (χ0v) is 14.6. The summed E-state index contributed by atoms with van der Waals surface area (Å²) in [7, 11) is 0. The topological polar surface area (TPSA) is 74.6 Å². The number of nitrogens with zero attached hydrogens (tertiary/aromatic N) is 2. The maximum Gasteiger partial charge on any atom is 0.324 e. The lowest BCUT2D eigenvalue weighted by molar-refractivity contribution is -0.126. The molecule has 1 saturated heterocycles. The molecular formula is C18H20ClN3O3. The molecule has 1 aliphatic heterocycles. The number of carbonyl (C=O) groups is 2. The first kappa shape index (κ1) is 16.4. The van der Waals surface area contributed by atoms with Crippen molar-refractivity contribution in [1.82, 2.24) is 14.8 Å². The third kappa shape index (κ3) is 2.79. The zero-order valence-electron chi connectivity index (χ0n) is 13.8. The number of nitrogens with one attached hydrogen (secondary N) is 1. The average Bonchev–Trinajstić information content (AvgIpc) is 3.09. The molecule has 4 rings (SSSR count). The summed E-state index contributed by atoms with van der Waals surface area (Å²) in [5.74, 6) is -0.304. The van der Waals surface area contributed by atoms with Gasteiger partial charge < -0.3 is 15.0 Å². The minimum atomic E-state index is -0.842. The monoisotopic (exact) mass is 361 g/mol. The Hall–Kier alpha value is -2.05. The molecular weight excluding hydrogens is 342 g/mol. The van der Waals surface area contributed by atoms with E-state index in [1.165, 1.54) is 11.3 Å². The molecule has 2 heterocycles. The van der Waals surface area contributed by atoms with E-state index in [4.69, 9.17) is 11.6 Å². The number of urea groups is 1. The Labute approximate surface area is 150 Å². The van der Waals surface area contributed by atoms with Crippen molar-refractivity contribution in [2.24, 2.45) is 0 Å². The van der Waals surface area contributed by atoms with Gasteiger partial charge in [-0.15, -0.1) is 0 Å². The second-order valence-corrected chi connectivity index (χ2v) is 7.10. The number of β-amino-alcohol motifs (C(OH)–C–C–N with tert-alkyl or cyclic N) is 1. The van der Waals surface area contributed by atoms with Crippen molar-refractivity contribution in [3.63, 3.8) is 0 Å². The van der Waals surface area contributed by atoms with Gasteiger partial charge in [0.15, 0.2) is 0 Å². The summed E-state index contributed by atoms with van der Waals surface area (Å²) in [5.41, 5.74) is 3.46. The van der Waals surface area contributed by atoms with Crippen LogP contribution in [0.1, 0.15) is 24.1 Å². The first-order valence-corrected chi connectivity index (χ1v) is 8.99. The van der Waals surface area contributed by atoms with E-state index >= 15 is 0 Å². The van der Waals surface area contributed by atoms with Crippen LogP contribution in [0.4, 0.5) is 4.79 Å². The van der Waals surface area contributed by atoms with Crippen LogP contribution in [0.2, 0.25) is 5.02 Å². The summed E-state index contributed by atoms with van der Waals surface area (Å²) in [6, 6.07) is 5.44. The Bertz CT molecular complexity index is 845. The van der Waals surface area contributed by atoms with E-state index < -0.39 is 12.1 Å². The average molecular weight is 362 g/mol. The SMILES string of the molecule is O=C1CNC(=O)N1C[C@@H](O)Cn1c2c(c3cccc(Cl)c31)CCCC2. The van der Waals surface area contributed by atoms with Gasteiger partial charge in [-0.3, -0.25) is 9.69 Å². The highest BCUT2D eigenvalue weighted by molar-refractivity contribution is 6.35. The van der Waals surface area contributed by atoms with E-state index in [-0.39, 0.29) is 19.0 Å².